The standard InChI is InChI=1S/C15H20N4O3.HI/c1-16-15(18-8-10-22-2)17-7-9-19-13(20)11-5-3-4-6-12(11)14(19)21;/h3-6H,7-10H2,1-2H3,(H2,16,17,18);1H. The maximum absolute atomic E-state index is 12.2. The molecule has 23 heavy (non-hydrogen) atoms. The fourth-order valence-corrected chi connectivity index (χ4v) is 2.22. The molecule has 2 amide bonds. The lowest BCUT2D eigenvalue weighted by Gasteiger charge is -2.16. The summed E-state index contributed by atoms with van der Waals surface area (Å²) >= 11 is 0. The van der Waals surface area contributed by atoms with Gasteiger partial charge in [-0.2, -0.15) is 0 Å². The molecule has 0 atom stereocenters. The summed E-state index contributed by atoms with van der Waals surface area (Å²) in [7, 11) is 3.28. The smallest absolute Gasteiger partial charge is 0.261 e. The summed E-state index contributed by atoms with van der Waals surface area (Å²) in [5.41, 5.74) is 0.935. The number of hydrogen-bond donors (Lipinski definition) is 2. The molecule has 1 aromatic carbocycles. The highest BCUT2D eigenvalue weighted by atomic mass is 127. The van der Waals surface area contributed by atoms with Gasteiger partial charge in [-0.05, 0) is 12.1 Å². The Labute approximate surface area is 152 Å². The molecule has 2 N–H and O–H groups in total. The highest BCUT2D eigenvalue weighted by Crippen LogP contribution is 2.21. The van der Waals surface area contributed by atoms with Crippen molar-refractivity contribution < 1.29 is 14.3 Å². The molecule has 0 aromatic heterocycles. The Morgan fingerprint density at radius 1 is 1.13 bits per heavy atom. The fourth-order valence-electron chi connectivity index (χ4n) is 2.22. The average Bonchev–Trinajstić information content (AvgIpc) is 2.78. The molecule has 1 heterocycles. The van der Waals surface area contributed by atoms with E-state index in [1.165, 1.54) is 4.90 Å². The van der Waals surface area contributed by atoms with Crippen LogP contribution in [0.4, 0.5) is 0 Å². The van der Waals surface area contributed by atoms with Crippen LogP contribution in [0, 0.1) is 0 Å². The van der Waals surface area contributed by atoms with E-state index in [2.05, 4.69) is 15.6 Å². The van der Waals surface area contributed by atoms with Crippen molar-refractivity contribution in [2.45, 2.75) is 0 Å². The zero-order valence-electron chi connectivity index (χ0n) is 13.2. The molecule has 1 aliphatic heterocycles. The van der Waals surface area contributed by atoms with Gasteiger partial charge in [0.15, 0.2) is 5.96 Å². The Kier molecular flexibility index (Phi) is 7.96. The van der Waals surface area contributed by atoms with Gasteiger partial charge in [-0.25, -0.2) is 0 Å². The second kappa shape index (κ2) is 9.46. The Morgan fingerprint density at radius 2 is 1.70 bits per heavy atom. The van der Waals surface area contributed by atoms with E-state index in [1.54, 1.807) is 38.4 Å². The van der Waals surface area contributed by atoms with Gasteiger partial charge >= 0.3 is 0 Å². The van der Waals surface area contributed by atoms with E-state index >= 15 is 0 Å². The minimum Gasteiger partial charge on any atom is -0.383 e. The number of hydrogen-bond acceptors (Lipinski definition) is 4. The van der Waals surface area contributed by atoms with E-state index in [1.807, 2.05) is 0 Å². The molecule has 7 nitrogen and oxygen atoms in total. The van der Waals surface area contributed by atoms with Gasteiger partial charge in [0.1, 0.15) is 0 Å². The Bertz CT molecular complexity index is 557. The van der Waals surface area contributed by atoms with Crippen molar-refractivity contribution in [1.82, 2.24) is 15.5 Å². The minimum atomic E-state index is -0.246. The Balaban J connectivity index is 0.00000264. The molecule has 0 saturated carbocycles. The molecule has 0 unspecified atom stereocenters. The summed E-state index contributed by atoms with van der Waals surface area (Å²) < 4.78 is 4.94. The van der Waals surface area contributed by atoms with Crippen LogP contribution in [0.15, 0.2) is 29.3 Å². The van der Waals surface area contributed by atoms with Crippen LogP contribution in [0.25, 0.3) is 0 Å². The number of rotatable bonds is 6. The van der Waals surface area contributed by atoms with Crippen LogP contribution in [0.5, 0.6) is 0 Å². The molecule has 0 fully saturated rings. The molecule has 0 aliphatic carbocycles. The lowest BCUT2D eigenvalue weighted by molar-refractivity contribution is 0.0657. The molecule has 0 radical (unpaired) electrons. The van der Waals surface area contributed by atoms with Crippen molar-refractivity contribution >= 4 is 41.8 Å². The number of ether oxygens (including phenoxy) is 1. The number of halogens is 1. The van der Waals surface area contributed by atoms with Gasteiger partial charge in [0.25, 0.3) is 11.8 Å². The largest absolute Gasteiger partial charge is 0.383 e. The summed E-state index contributed by atoms with van der Waals surface area (Å²) in [4.78, 5) is 29.7. The third-order valence-corrected chi connectivity index (χ3v) is 3.33. The van der Waals surface area contributed by atoms with Gasteiger partial charge < -0.3 is 15.4 Å². The molecule has 8 heteroatoms. The first-order chi connectivity index (χ1) is 10.7. The molecular formula is C15H21IN4O3. The number of nitrogens with zero attached hydrogens (tertiary/aromatic N) is 2. The normalized spacial score (nSPS) is 13.7. The maximum Gasteiger partial charge on any atom is 0.261 e. The summed E-state index contributed by atoms with van der Waals surface area (Å²) in [6, 6.07) is 6.86. The van der Waals surface area contributed by atoms with Crippen LogP contribution in [0.1, 0.15) is 20.7 Å². The lowest BCUT2D eigenvalue weighted by Crippen LogP contribution is -2.43. The first-order valence-electron chi connectivity index (χ1n) is 7.07. The highest BCUT2D eigenvalue weighted by Gasteiger charge is 2.34. The molecule has 1 aliphatic rings. The highest BCUT2D eigenvalue weighted by molar-refractivity contribution is 14.0. The lowest BCUT2D eigenvalue weighted by atomic mass is 10.1. The van der Waals surface area contributed by atoms with Gasteiger partial charge in [0, 0.05) is 33.8 Å². The van der Waals surface area contributed by atoms with E-state index in [0.29, 0.717) is 36.8 Å². The summed E-state index contributed by atoms with van der Waals surface area (Å²) in [5, 5.41) is 6.12. The summed E-state index contributed by atoms with van der Waals surface area (Å²) in [6.07, 6.45) is 0. The van der Waals surface area contributed by atoms with Gasteiger partial charge in [-0.1, -0.05) is 12.1 Å². The van der Waals surface area contributed by atoms with Crippen molar-refractivity contribution in [1.29, 1.82) is 0 Å². The van der Waals surface area contributed by atoms with E-state index in [4.69, 9.17) is 4.74 Å². The number of imide groups is 1. The zero-order valence-corrected chi connectivity index (χ0v) is 15.5. The van der Waals surface area contributed by atoms with Crippen molar-refractivity contribution in [2.75, 3.05) is 40.4 Å². The summed E-state index contributed by atoms with van der Waals surface area (Å²) in [6.45, 7) is 1.91. The van der Waals surface area contributed by atoms with Gasteiger partial charge in [0.2, 0.25) is 0 Å². The van der Waals surface area contributed by atoms with Gasteiger partial charge in [-0.3, -0.25) is 19.5 Å². The van der Waals surface area contributed by atoms with E-state index in [0.717, 1.165) is 0 Å². The number of amides is 2. The van der Waals surface area contributed by atoms with Crippen molar-refractivity contribution in [3.05, 3.63) is 35.4 Å². The fraction of sp³-hybridized carbons (Fsp3) is 0.400. The number of carbonyl (C=O) groups excluding carboxylic acids is 2. The predicted molar refractivity (Wildman–Crippen MR) is 98.5 cm³/mol. The number of nitrogens with one attached hydrogen (secondary N) is 2. The van der Waals surface area contributed by atoms with Gasteiger partial charge in [-0.15, -0.1) is 24.0 Å². The van der Waals surface area contributed by atoms with Crippen LogP contribution in [0.3, 0.4) is 0 Å². The van der Waals surface area contributed by atoms with E-state index in [9.17, 15) is 9.59 Å². The molecule has 0 spiro atoms. The zero-order chi connectivity index (χ0) is 15.9. The second-order valence-corrected chi connectivity index (χ2v) is 4.73. The van der Waals surface area contributed by atoms with Crippen LogP contribution in [-0.2, 0) is 4.74 Å². The number of carbonyl (C=O) groups is 2. The third-order valence-electron chi connectivity index (χ3n) is 3.33. The van der Waals surface area contributed by atoms with Crippen molar-refractivity contribution in [2.24, 2.45) is 4.99 Å². The third kappa shape index (κ3) is 4.64. The maximum atomic E-state index is 12.2. The number of fused-ring (bicyclic) bond motifs is 1. The topological polar surface area (TPSA) is 83.0 Å². The van der Waals surface area contributed by atoms with Crippen LogP contribution < -0.4 is 10.6 Å². The first kappa shape index (κ1) is 19.4. The number of guanidine groups is 1. The molecule has 0 bridgehead atoms. The summed E-state index contributed by atoms with van der Waals surface area (Å²) in [5.74, 6) is 0.114. The molecule has 0 saturated heterocycles. The molecular weight excluding hydrogens is 411 g/mol. The number of benzene rings is 1. The molecule has 126 valence electrons. The van der Waals surface area contributed by atoms with E-state index in [-0.39, 0.29) is 42.3 Å². The monoisotopic (exact) mass is 432 g/mol. The first-order valence-corrected chi connectivity index (χ1v) is 7.07. The van der Waals surface area contributed by atoms with Crippen LogP contribution in [-0.4, -0.2) is 63.1 Å². The predicted octanol–water partition coefficient (Wildman–Crippen LogP) is 0.712. The second-order valence-electron chi connectivity index (χ2n) is 4.73. The van der Waals surface area contributed by atoms with Crippen LogP contribution >= 0.6 is 24.0 Å². The number of methoxy groups -OCH3 is 1. The number of aliphatic imine (C=N–C) groups is 1. The van der Waals surface area contributed by atoms with Crippen molar-refractivity contribution in [3.8, 4) is 0 Å². The quantitative estimate of drug-likeness (QED) is 0.228. The molecule has 2 rings (SSSR count). The van der Waals surface area contributed by atoms with Gasteiger partial charge in [0.05, 0.1) is 17.7 Å². The Morgan fingerprint density at radius 3 is 2.22 bits per heavy atom. The van der Waals surface area contributed by atoms with Crippen LogP contribution in [0.2, 0.25) is 0 Å². The minimum absolute atomic E-state index is 0. The SMILES string of the molecule is CN=C(NCCOC)NCCN1C(=O)c2ccccc2C1=O.I. The van der Waals surface area contributed by atoms with Crippen molar-refractivity contribution in [3.63, 3.8) is 0 Å². The molecule has 1 aromatic rings. The van der Waals surface area contributed by atoms with E-state index < -0.39 is 0 Å². The average molecular weight is 432 g/mol. The Hall–Kier alpha value is -1.68.